The molecule has 0 atom stereocenters. The van der Waals surface area contributed by atoms with Crippen LogP contribution < -0.4 is 11.1 Å². The Kier molecular flexibility index (Phi) is 7.49. The second-order valence-corrected chi connectivity index (χ2v) is 11.5. The molecule has 0 radical (unpaired) electrons. The smallest absolute Gasteiger partial charge is 0.407 e. The van der Waals surface area contributed by atoms with Crippen molar-refractivity contribution in [3.05, 3.63) is 58.9 Å². The highest BCUT2D eigenvalue weighted by molar-refractivity contribution is 7.08. The number of hydrogen-bond acceptors (Lipinski definition) is 5. The number of carbonyl (C=O) groups is 2. The second-order valence-electron chi connectivity index (χ2n) is 10.7. The standard InChI is InChI=1S/C29H33FN4O3S/c1-34(28(36)37)24-8-2-18(3-9-24)12-26(35)33-23-13-25(20-10-11-38-17-20)27(32-16-23)19-4-6-21(7-5-19)29(31)14-22(30)15-29/h4-7,10-11,13,16-18,22,24H,2-3,8-9,12,14-15,31H2,1H3,(H,33,35)(H,36,37)/t18?,22-,24?,29+. The Hall–Kier alpha value is -3.30. The van der Waals surface area contributed by atoms with Crippen molar-refractivity contribution in [3.63, 3.8) is 0 Å². The van der Waals surface area contributed by atoms with Gasteiger partial charge in [-0.05, 0) is 65.6 Å². The molecule has 0 spiro atoms. The maximum atomic E-state index is 13.4. The minimum atomic E-state index is -0.906. The summed E-state index contributed by atoms with van der Waals surface area (Å²) in [5, 5.41) is 16.3. The molecule has 2 aromatic heterocycles. The molecule has 9 heteroatoms. The number of halogens is 1. The summed E-state index contributed by atoms with van der Waals surface area (Å²) in [4.78, 5) is 30.2. The van der Waals surface area contributed by atoms with Crippen LogP contribution in [0.3, 0.4) is 0 Å². The molecule has 2 heterocycles. The van der Waals surface area contributed by atoms with Gasteiger partial charge in [0.25, 0.3) is 0 Å². The minimum Gasteiger partial charge on any atom is -0.465 e. The molecule has 5 rings (SSSR count). The maximum Gasteiger partial charge on any atom is 0.407 e. The molecule has 2 aliphatic carbocycles. The van der Waals surface area contributed by atoms with Crippen molar-refractivity contribution in [2.75, 3.05) is 12.4 Å². The summed E-state index contributed by atoms with van der Waals surface area (Å²) in [6.45, 7) is 0. The molecule has 4 N–H and O–H groups in total. The van der Waals surface area contributed by atoms with Crippen LogP contribution in [0.2, 0.25) is 0 Å². The monoisotopic (exact) mass is 536 g/mol. The Morgan fingerprint density at radius 3 is 2.47 bits per heavy atom. The maximum absolute atomic E-state index is 13.4. The van der Waals surface area contributed by atoms with Crippen LogP contribution in [-0.4, -0.2) is 46.3 Å². The summed E-state index contributed by atoms with van der Waals surface area (Å²) in [5.41, 5.74) is 11.0. The number of pyridine rings is 1. The fourth-order valence-electron chi connectivity index (χ4n) is 5.69. The molecule has 1 aromatic carbocycles. The number of rotatable bonds is 7. The van der Waals surface area contributed by atoms with E-state index in [1.165, 1.54) is 4.90 Å². The van der Waals surface area contributed by atoms with Gasteiger partial charge in [-0.15, -0.1) is 0 Å². The molecule has 7 nitrogen and oxygen atoms in total. The number of thiophene rings is 1. The number of alkyl halides is 1. The summed E-state index contributed by atoms with van der Waals surface area (Å²) >= 11 is 1.59. The number of carbonyl (C=O) groups excluding carboxylic acids is 1. The highest BCUT2D eigenvalue weighted by Gasteiger charge is 2.42. The fraction of sp³-hybridized carbons (Fsp3) is 0.414. The van der Waals surface area contributed by atoms with Crippen molar-refractivity contribution in [2.24, 2.45) is 11.7 Å². The van der Waals surface area contributed by atoms with Crippen LogP contribution in [0.4, 0.5) is 14.9 Å². The molecule has 0 saturated heterocycles. The summed E-state index contributed by atoms with van der Waals surface area (Å²) in [7, 11) is 1.61. The third-order valence-corrected chi connectivity index (χ3v) is 8.73. The Labute approximate surface area is 225 Å². The predicted molar refractivity (Wildman–Crippen MR) is 148 cm³/mol. The zero-order chi connectivity index (χ0) is 26.9. The van der Waals surface area contributed by atoms with E-state index in [4.69, 9.17) is 10.7 Å². The molecule has 38 heavy (non-hydrogen) atoms. The van der Waals surface area contributed by atoms with Gasteiger partial charge >= 0.3 is 6.09 Å². The summed E-state index contributed by atoms with van der Waals surface area (Å²) in [5.74, 6) is 0.180. The van der Waals surface area contributed by atoms with Crippen molar-refractivity contribution < 1.29 is 19.1 Å². The minimum absolute atomic E-state index is 0.0236. The Bertz CT molecular complexity index is 1280. The average Bonchev–Trinajstić information content (AvgIpc) is 3.43. The summed E-state index contributed by atoms with van der Waals surface area (Å²) in [6, 6.07) is 11.9. The van der Waals surface area contributed by atoms with Crippen molar-refractivity contribution in [1.82, 2.24) is 9.88 Å². The molecule has 0 aliphatic heterocycles. The Morgan fingerprint density at radius 1 is 1.16 bits per heavy atom. The van der Waals surface area contributed by atoms with Crippen molar-refractivity contribution in [3.8, 4) is 22.4 Å². The van der Waals surface area contributed by atoms with Crippen molar-refractivity contribution >= 4 is 29.0 Å². The lowest BCUT2D eigenvalue weighted by atomic mass is 9.71. The van der Waals surface area contributed by atoms with E-state index in [2.05, 4.69) is 10.7 Å². The van der Waals surface area contributed by atoms with Crippen LogP contribution in [-0.2, 0) is 10.3 Å². The largest absolute Gasteiger partial charge is 0.465 e. The Balaban J connectivity index is 1.28. The van der Waals surface area contributed by atoms with Gasteiger partial charge in [0, 0.05) is 49.0 Å². The molecule has 2 amide bonds. The lowest BCUT2D eigenvalue weighted by Crippen LogP contribution is -2.50. The molecule has 3 aromatic rings. The van der Waals surface area contributed by atoms with E-state index in [9.17, 15) is 19.1 Å². The number of anilines is 1. The summed E-state index contributed by atoms with van der Waals surface area (Å²) < 4.78 is 13.4. The topological polar surface area (TPSA) is 109 Å². The Morgan fingerprint density at radius 2 is 1.87 bits per heavy atom. The molecule has 2 aliphatic rings. The highest BCUT2D eigenvalue weighted by atomic mass is 32.1. The van der Waals surface area contributed by atoms with E-state index in [1.807, 2.05) is 41.8 Å². The van der Waals surface area contributed by atoms with E-state index in [0.717, 1.165) is 53.6 Å². The van der Waals surface area contributed by atoms with Gasteiger partial charge in [0.2, 0.25) is 5.91 Å². The third-order valence-electron chi connectivity index (χ3n) is 8.05. The molecule has 2 saturated carbocycles. The zero-order valence-electron chi connectivity index (χ0n) is 21.4. The number of nitrogens with one attached hydrogen (secondary N) is 1. The summed E-state index contributed by atoms with van der Waals surface area (Å²) in [6.07, 6.45) is 4.26. The fourth-order valence-corrected chi connectivity index (χ4v) is 6.35. The van der Waals surface area contributed by atoms with Crippen LogP contribution in [0.1, 0.15) is 50.5 Å². The van der Waals surface area contributed by atoms with E-state index in [0.29, 0.717) is 24.9 Å². The number of nitrogens with zero attached hydrogens (tertiary/aromatic N) is 2. The number of nitrogens with two attached hydrogens (primary N) is 1. The lowest BCUT2D eigenvalue weighted by Gasteiger charge is -2.41. The van der Waals surface area contributed by atoms with Crippen LogP contribution in [0, 0.1) is 5.92 Å². The number of amides is 2. The number of hydrogen-bond donors (Lipinski definition) is 3. The molecule has 200 valence electrons. The highest BCUT2D eigenvalue weighted by Crippen LogP contribution is 2.42. The van der Waals surface area contributed by atoms with Gasteiger partial charge in [-0.3, -0.25) is 9.78 Å². The van der Waals surface area contributed by atoms with Crippen molar-refractivity contribution in [2.45, 2.75) is 62.7 Å². The SMILES string of the molecule is CN(C(=O)O)C1CCC(CC(=O)Nc2cnc(-c3ccc([C@]4(N)C[C@@H](F)C4)cc3)c(-c3ccsc3)c2)CC1. The number of benzene rings is 1. The van der Waals surface area contributed by atoms with E-state index in [1.54, 1.807) is 24.6 Å². The second kappa shape index (κ2) is 10.8. The first kappa shape index (κ1) is 26.3. The number of aromatic nitrogens is 1. The van der Waals surface area contributed by atoms with Crippen molar-refractivity contribution in [1.29, 1.82) is 0 Å². The lowest BCUT2D eigenvalue weighted by molar-refractivity contribution is -0.117. The van der Waals surface area contributed by atoms with E-state index >= 15 is 0 Å². The molecule has 0 unspecified atom stereocenters. The van der Waals surface area contributed by atoms with Gasteiger partial charge in [-0.2, -0.15) is 11.3 Å². The first-order valence-corrected chi connectivity index (χ1v) is 14.0. The first-order valence-electron chi connectivity index (χ1n) is 13.0. The van der Waals surface area contributed by atoms with Gasteiger partial charge in [-0.1, -0.05) is 24.3 Å². The van der Waals surface area contributed by atoms with Gasteiger partial charge in [-0.25, -0.2) is 9.18 Å². The van der Waals surface area contributed by atoms with Gasteiger partial charge in [0.1, 0.15) is 6.17 Å². The first-order chi connectivity index (χ1) is 18.2. The van der Waals surface area contributed by atoms with E-state index in [-0.39, 0.29) is 17.9 Å². The average molecular weight is 537 g/mol. The zero-order valence-corrected chi connectivity index (χ0v) is 22.2. The van der Waals surface area contributed by atoms with Gasteiger partial charge in [0.15, 0.2) is 0 Å². The normalized spacial score (nSPS) is 24.9. The van der Waals surface area contributed by atoms with E-state index < -0.39 is 17.8 Å². The van der Waals surface area contributed by atoms with Gasteiger partial charge < -0.3 is 21.1 Å². The predicted octanol–water partition coefficient (Wildman–Crippen LogP) is 6.26. The molecular formula is C29H33FN4O3S. The molecule has 2 fully saturated rings. The molecule has 0 bridgehead atoms. The van der Waals surface area contributed by atoms with Crippen LogP contribution in [0.15, 0.2) is 53.4 Å². The van der Waals surface area contributed by atoms with Crippen LogP contribution in [0.5, 0.6) is 0 Å². The number of carboxylic acid groups (broad SMARTS) is 1. The third kappa shape index (κ3) is 5.59. The molecular weight excluding hydrogens is 503 g/mol. The van der Waals surface area contributed by atoms with Crippen LogP contribution >= 0.6 is 11.3 Å². The van der Waals surface area contributed by atoms with Crippen LogP contribution in [0.25, 0.3) is 22.4 Å². The van der Waals surface area contributed by atoms with Gasteiger partial charge in [0.05, 0.1) is 17.6 Å². The quantitative estimate of drug-likeness (QED) is 0.330.